The molecule has 156 valence electrons. The molecule has 0 radical (unpaired) electrons. The van der Waals surface area contributed by atoms with E-state index in [9.17, 15) is 9.90 Å². The van der Waals surface area contributed by atoms with Crippen LogP contribution in [0.5, 0.6) is 23.0 Å². The summed E-state index contributed by atoms with van der Waals surface area (Å²) < 4.78 is 23.8. The maximum atomic E-state index is 12.9. The minimum atomic E-state index is -0.765. The first-order valence-corrected chi connectivity index (χ1v) is 10.5. The second-order valence-corrected chi connectivity index (χ2v) is 8.48. The Bertz CT molecular complexity index is 938. The highest BCUT2D eigenvalue weighted by molar-refractivity contribution is 14.1. The molecule has 0 spiro atoms. The van der Waals surface area contributed by atoms with Gasteiger partial charge in [0, 0.05) is 14.7 Å². The van der Waals surface area contributed by atoms with Crippen LogP contribution in [0.25, 0.3) is 0 Å². The van der Waals surface area contributed by atoms with E-state index >= 15 is 0 Å². The number of halogens is 1. The molecule has 1 N–H and O–H groups in total. The lowest BCUT2D eigenvalue weighted by molar-refractivity contribution is 0.0453. The lowest BCUT2D eigenvalue weighted by Gasteiger charge is -2.25. The summed E-state index contributed by atoms with van der Waals surface area (Å²) in [5.41, 5.74) is 2.46. The van der Waals surface area contributed by atoms with E-state index in [2.05, 4.69) is 22.6 Å². The van der Waals surface area contributed by atoms with E-state index in [0.717, 1.165) is 14.7 Å². The third-order valence-corrected chi connectivity index (χ3v) is 6.35. The second-order valence-electron chi connectivity index (χ2n) is 7.40. The van der Waals surface area contributed by atoms with E-state index in [-0.39, 0.29) is 23.8 Å². The van der Waals surface area contributed by atoms with Crippen molar-refractivity contribution in [3.05, 3.63) is 44.0 Å². The Kier molecular flexibility index (Phi) is 6.58. The Morgan fingerprint density at radius 2 is 1.97 bits per heavy atom. The van der Waals surface area contributed by atoms with Gasteiger partial charge in [-0.25, -0.2) is 4.79 Å². The summed E-state index contributed by atoms with van der Waals surface area (Å²) in [5.74, 6) is 1.35. The van der Waals surface area contributed by atoms with Gasteiger partial charge in [-0.3, -0.25) is 0 Å². The van der Waals surface area contributed by atoms with Gasteiger partial charge in [-0.05, 0) is 65.6 Å². The summed E-state index contributed by atoms with van der Waals surface area (Å²) in [6.45, 7) is 6.05. The molecule has 1 unspecified atom stereocenters. The van der Waals surface area contributed by atoms with Crippen LogP contribution < -0.4 is 14.2 Å². The van der Waals surface area contributed by atoms with Crippen LogP contribution in [0, 0.1) is 16.4 Å². The van der Waals surface area contributed by atoms with Crippen LogP contribution in [0.15, 0.2) is 18.2 Å². The lowest BCUT2D eigenvalue weighted by Crippen LogP contribution is -2.16. The number of hydrogen-bond acceptors (Lipinski definition) is 6. The minimum absolute atomic E-state index is 0.0475. The van der Waals surface area contributed by atoms with Gasteiger partial charge >= 0.3 is 5.97 Å². The van der Waals surface area contributed by atoms with Crippen LogP contribution in [-0.2, 0) is 11.3 Å². The fourth-order valence-corrected chi connectivity index (χ4v) is 4.00. The third-order valence-electron chi connectivity index (χ3n) is 4.85. The van der Waals surface area contributed by atoms with Gasteiger partial charge in [-0.2, -0.15) is 0 Å². The fraction of sp³-hybridized carbons (Fsp3) is 0.409. The van der Waals surface area contributed by atoms with Crippen LogP contribution in [0.4, 0.5) is 0 Å². The number of carbonyl (C=O) groups excluding carboxylic acids is 1. The topological polar surface area (TPSA) is 74.2 Å². The molecular formula is C22H25IO6. The average molecular weight is 512 g/mol. The van der Waals surface area contributed by atoms with Gasteiger partial charge in [0.15, 0.2) is 11.5 Å². The highest BCUT2D eigenvalue weighted by Gasteiger charge is 2.31. The molecule has 2 aromatic rings. The van der Waals surface area contributed by atoms with E-state index < -0.39 is 12.1 Å². The largest absolute Gasteiger partial charge is 0.495 e. The minimum Gasteiger partial charge on any atom is -0.495 e. The zero-order valence-electron chi connectivity index (χ0n) is 17.2. The zero-order valence-corrected chi connectivity index (χ0v) is 19.3. The number of fused-ring (bicyclic) bond motifs is 2. The van der Waals surface area contributed by atoms with Crippen LogP contribution in [-0.4, -0.2) is 25.3 Å². The Morgan fingerprint density at radius 1 is 1.24 bits per heavy atom. The van der Waals surface area contributed by atoms with Crippen molar-refractivity contribution < 1.29 is 28.8 Å². The SMILES string of the molecule is COc1cc(C)c(I)c2c1Oc1ccc(C(O)CC(C)C)c(OC)c1C(=O)OC2. The molecule has 0 fully saturated rings. The first-order valence-electron chi connectivity index (χ1n) is 9.38. The molecule has 0 amide bonds. The number of ether oxygens (including phenoxy) is 4. The van der Waals surface area contributed by atoms with Gasteiger partial charge in [-0.15, -0.1) is 0 Å². The normalized spacial score (nSPS) is 14.1. The Hall–Kier alpha value is -2.00. The van der Waals surface area contributed by atoms with E-state index in [4.69, 9.17) is 18.9 Å². The van der Waals surface area contributed by atoms with Gasteiger partial charge in [-0.1, -0.05) is 13.8 Å². The molecule has 29 heavy (non-hydrogen) atoms. The Balaban J connectivity index is 2.18. The molecule has 0 aromatic heterocycles. The molecule has 1 heterocycles. The summed E-state index contributed by atoms with van der Waals surface area (Å²) in [7, 11) is 3.04. The van der Waals surface area contributed by atoms with Crippen molar-refractivity contribution in [2.75, 3.05) is 14.2 Å². The van der Waals surface area contributed by atoms with Crippen molar-refractivity contribution >= 4 is 28.6 Å². The highest BCUT2D eigenvalue weighted by atomic mass is 127. The van der Waals surface area contributed by atoms with Crippen molar-refractivity contribution in [2.45, 2.75) is 39.9 Å². The van der Waals surface area contributed by atoms with Crippen molar-refractivity contribution in [3.8, 4) is 23.0 Å². The van der Waals surface area contributed by atoms with Crippen molar-refractivity contribution in [1.82, 2.24) is 0 Å². The molecule has 1 aliphatic rings. The summed E-state index contributed by atoms with van der Waals surface area (Å²) in [4.78, 5) is 12.9. The zero-order chi connectivity index (χ0) is 21.3. The molecule has 6 nitrogen and oxygen atoms in total. The second kappa shape index (κ2) is 8.79. The molecule has 0 aliphatic carbocycles. The van der Waals surface area contributed by atoms with Crippen LogP contribution in [0.3, 0.4) is 0 Å². The smallest absolute Gasteiger partial charge is 0.346 e. The number of hydrogen-bond donors (Lipinski definition) is 1. The van der Waals surface area contributed by atoms with Crippen molar-refractivity contribution in [1.29, 1.82) is 0 Å². The maximum absolute atomic E-state index is 12.9. The standard InChI is InChI=1S/C22H25IO6/c1-11(2)8-15(24)13-6-7-16-18(21(13)27-5)22(25)28-10-14-19(23)12(3)9-17(26-4)20(14)29-16/h6-7,9,11,15,24H,8,10H2,1-5H3. The molecule has 2 aromatic carbocycles. The number of aliphatic hydroxyl groups is 1. The number of methoxy groups -OCH3 is 2. The van der Waals surface area contributed by atoms with E-state index in [0.29, 0.717) is 29.2 Å². The molecule has 0 saturated heterocycles. The van der Waals surface area contributed by atoms with Gasteiger partial charge in [0.25, 0.3) is 0 Å². The first-order chi connectivity index (χ1) is 13.8. The maximum Gasteiger partial charge on any atom is 0.346 e. The highest BCUT2D eigenvalue weighted by Crippen LogP contribution is 2.45. The molecule has 3 rings (SSSR count). The number of cyclic esters (lactones) is 1. The third kappa shape index (κ3) is 4.16. The first kappa shape index (κ1) is 21.7. The molecule has 7 heteroatoms. The van der Waals surface area contributed by atoms with Gasteiger partial charge in [0.05, 0.1) is 20.3 Å². The molecule has 0 saturated carbocycles. The summed E-state index contributed by atoms with van der Waals surface area (Å²) in [5, 5.41) is 10.6. The predicted molar refractivity (Wildman–Crippen MR) is 117 cm³/mol. The summed E-state index contributed by atoms with van der Waals surface area (Å²) >= 11 is 2.21. The summed E-state index contributed by atoms with van der Waals surface area (Å²) in [6.07, 6.45) is -0.224. The van der Waals surface area contributed by atoms with Gasteiger partial charge in [0.2, 0.25) is 0 Å². The van der Waals surface area contributed by atoms with Crippen molar-refractivity contribution in [3.63, 3.8) is 0 Å². The van der Waals surface area contributed by atoms with Crippen LogP contribution in [0.2, 0.25) is 0 Å². The van der Waals surface area contributed by atoms with Gasteiger partial charge < -0.3 is 24.1 Å². The Morgan fingerprint density at radius 3 is 2.59 bits per heavy atom. The quantitative estimate of drug-likeness (QED) is 0.441. The number of esters is 1. The summed E-state index contributed by atoms with van der Waals surface area (Å²) in [6, 6.07) is 5.28. The average Bonchev–Trinajstić information content (AvgIpc) is 2.67. The number of benzene rings is 2. The number of carbonyl (C=O) groups is 1. The number of aliphatic hydroxyl groups excluding tert-OH is 1. The van der Waals surface area contributed by atoms with E-state index in [1.807, 2.05) is 26.8 Å². The molecule has 0 bridgehead atoms. The van der Waals surface area contributed by atoms with Crippen LogP contribution in [0.1, 0.15) is 53.4 Å². The molecular weight excluding hydrogens is 487 g/mol. The molecule has 1 aliphatic heterocycles. The lowest BCUT2D eigenvalue weighted by atomic mass is 9.96. The Labute approximate surface area is 184 Å². The molecule has 1 atom stereocenters. The fourth-order valence-electron chi connectivity index (χ4n) is 3.44. The predicted octanol–water partition coefficient (Wildman–Crippen LogP) is 5.16. The van der Waals surface area contributed by atoms with E-state index in [1.54, 1.807) is 19.2 Å². The van der Waals surface area contributed by atoms with Crippen LogP contribution >= 0.6 is 22.6 Å². The monoisotopic (exact) mass is 512 g/mol. The van der Waals surface area contributed by atoms with Crippen molar-refractivity contribution in [2.24, 2.45) is 5.92 Å². The number of aryl methyl sites for hydroxylation is 1. The van der Waals surface area contributed by atoms with Gasteiger partial charge in [0.1, 0.15) is 23.7 Å². The van der Waals surface area contributed by atoms with E-state index in [1.165, 1.54) is 7.11 Å². The number of rotatable bonds is 5.